The number of furan rings is 1. The van der Waals surface area contributed by atoms with E-state index in [0.29, 0.717) is 23.8 Å². The molecule has 1 saturated carbocycles. The highest BCUT2D eigenvalue weighted by atomic mass is 16.3. The number of hydrogen-bond donors (Lipinski definition) is 1. The summed E-state index contributed by atoms with van der Waals surface area (Å²) in [5.41, 5.74) is 0.652. The van der Waals surface area contributed by atoms with Gasteiger partial charge in [-0.05, 0) is 31.7 Å². The van der Waals surface area contributed by atoms with Crippen molar-refractivity contribution in [2.75, 3.05) is 13.1 Å². The number of amides is 1. The molecule has 0 bridgehead atoms. The van der Waals surface area contributed by atoms with E-state index in [1.807, 2.05) is 4.90 Å². The van der Waals surface area contributed by atoms with Crippen LogP contribution in [0.4, 0.5) is 0 Å². The predicted octanol–water partition coefficient (Wildman–Crippen LogP) is 1.43. The maximum atomic E-state index is 12.3. The van der Waals surface area contributed by atoms with E-state index in [4.69, 9.17) is 4.42 Å². The SMILES string of the molecule is Cc1occc1C(=O)N1CC2CCC(O)C2C1. The van der Waals surface area contributed by atoms with Crippen LogP contribution in [0.15, 0.2) is 16.7 Å². The molecule has 17 heavy (non-hydrogen) atoms. The fraction of sp³-hybridized carbons (Fsp3) is 0.615. The van der Waals surface area contributed by atoms with Gasteiger partial charge in [0.2, 0.25) is 0 Å². The molecular weight excluding hydrogens is 218 g/mol. The lowest BCUT2D eigenvalue weighted by Crippen LogP contribution is -2.31. The summed E-state index contributed by atoms with van der Waals surface area (Å²) in [6, 6.07) is 1.72. The second kappa shape index (κ2) is 3.88. The Morgan fingerprint density at radius 3 is 2.94 bits per heavy atom. The van der Waals surface area contributed by atoms with E-state index in [0.717, 1.165) is 19.4 Å². The zero-order chi connectivity index (χ0) is 12.0. The molecule has 4 nitrogen and oxygen atoms in total. The van der Waals surface area contributed by atoms with Crippen LogP contribution in [0.25, 0.3) is 0 Å². The van der Waals surface area contributed by atoms with E-state index in [-0.39, 0.29) is 17.9 Å². The summed E-state index contributed by atoms with van der Waals surface area (Å²) < 4.78 is 5.16. The van der Waals surface area contributed by atoms with Gasteiger partial charge in [-0.15, -0.1) is 0 Å². The molecule has 1 aromatic heterocycles. The van der Waals surface area contributed by atoms with Crippen molar-refractivity contribution in [3.63, 3.8) is 0 Å². The molecule has 3 rings (SSSR count). The van der Waals surface area contributed by atoms with E-state index < -0.39 is 0 Å². The maximum Gasteiger partial charge on any atom is 0.257 e. The van der Waals surface area contributed by atoms with Gasteiger partial charge >= 0.3 is 0 Å². The third kappa shape index (κ3) is 1.67. The highest BCUT2D eigenvalue weighted by Gasteiger charge is 2.43. The molecule has 4 heteroatoms. The van der Waals surface area contributed by atoms with Crippen molar-refractivity contribution < 1.29 is 14.3 Å². The topological polar surface area (TPSA) is 53.7 Å². The molecule has 1 amide bonds. The molecule has 0 spiro atoms. The van der Waals surface area contributed by atoms with E-state index in [2.05, 4.69) is 0 Å². The first-order chi connectivity index (χ1) is 8.16. The highest BCUT2D eigenvalue weighted by Crippen LogP contribution is 2.38. The smallest absolute Gasteiger partial charge is 0.257 e. The van der Waals surface area contributed by atoms with Crippen LogP contribution in [0.3, 0.4) is 0 Å². The minimum atomic E-state index is -0.219. The summed E-state index contributed by atoms with van der Waals surface area (Å²) in [5, 5.41) is 9.83. The molecule has 1 aliphatic carbocycles. The van der Waals surface area contributed by atoms with Gasteiger partial charge in [-0.1, -0.05) is 0 Å². The molecule has 3 unspecified atom stereocenters. The van der Waals surface area contributed by atoms with Crippen LogP contribution in [-0.2, 0) is 0 Å². The van der Waals surface area contributed by atoms with Crippen molar-refractivity contribution in [2.24, 2.45) is 11.8 Å². The van der Waals surface area contributed by atoms with Gasteiger partial charge in [-0.2, -0.15) is 0 Å². The van der Waals surface area contributed by atoms with Crippen LogP contribution in [-0.4, -0.2) is 35.1 Å². The summed E-state index contributed by atoms with van der Waals surface area (Å²) in [6.45, 7) is 3.28. The Morgan fingerprint density at radius 2 is 2.29 bits per heavy atom. The molecule has 1 aromatic rings. The van der Waals surface area contributed by atoms with Crippen molar-refractivity contribution >= 4 is 5.91 Å². The zero-order valence-electron chi connectivity index (χ0n) is 9.93. The molecule has 0 radical (unpaired) electrons. The maximum absolute atomic E-state index is 12.3. The molecular formula is C13H17NO3. The summed E-state index contributed by atoms with van der Waals surface area (Å²) in [6.07, 6.45) is 3.26. The number of aryl methyl sites for hydroxylation is 1. The summed E-state index contributed by atoms with van der Waals surface area (Å²) in [5.74, 6) is 1.48. The first-order valence-electron chi connectivity index (χ1n) is 6.18. The molecule has 1 N–H and O–H groups in total. The number of hydrogen-bond acceptors (Lipinski definition) is 3. The number of aliphatic hydroxyl groups excluding tert-OH is 1. The second-order valence-corrected chi connectivity index (χ2v) is 5.17. The molecule has 1 aliphatic heterocycles. The van der Waals surface area contributed by atoms with Crippen LogP contribution in [0.1, 0.15) is 29.0 Å². The number of nitrogens with zero attached hydrogens (tertiary/aromatic N) is 1. The van der Waals surface area contributed by atoms with Gasteiger partial charge in [0.1, 0.15) is 5.76 Å². The lowest BCUT2D eigenvalue weighted by Gasteiger charge is -2.17. The quantitative estimate of drug-likeness (QED) is 0.801. The third-order valence-electron chi connectivity index (χ3n) is 4.20. The van der Waals surface area contributed by atoms with Crippen molar-refractivity contribution in [3.05, 3.63) is 23.7 Å². The van der Waals surface area contributed by atoms with Gasteiger partial charge in [-0.3, -0.25) is 4.79 Å². The van der Waals surface area contributed by atoms with E-state index in [9.17, 15) is 9.90 Å². The molecule has 1 saturated heterocycles. The van der Waals surface area contributed by atoms with Crippen LogP contribution < -0.4 is 0 Å². The predicted molar refractivity (Wildman–Crippen MR) is 61.6 cm³/mol. The zero-order valence-corrected chi connectivity index (χ0v) is 9.93. The minimum Gasteiger partial charge on any atom is -0.469 e. The van der Waals surface area contributed by atoms with Gasteiger partial charge in [-0.25, -0.2) is 0 Å². The van der Waals surface area contributed by atoms with E-state index in [1.165, 1.54) is 0 Å². The van der Waals surface area contributed by atoms with E-state index in [1.54, 1.807) is 19.3 Å². The number of aliphatic hydroxyl groups is 1. The Balaban J connectivity index is 1.75. The fourth-order valence-corrected chi connectivity index (χ4v) is 3.18. The minimum absolute atomic E-state index is 0.0397. The van der Waals surface area contributed by atoms with Gasteiger partial charge in [0, 0.05) is 19.0 Å². The summed E-state index contributed by atoms with van der Waals surface area (Å²) in [4.78, 5) is 14.1. The largest absolute Gasteiger partial charge is 0.469 e. The van der Waals surface area contributed by atoms with Crippen molar-refractivity contribution in [2.45, 2.75) is 25.9 Å². The summed E-state index contributed by atoms with van der Waals surface area (Å²) >= 11 is 0. The lowest BCUT2D eigenvalue weighted by atomic mass is 10.00. The molecule has 0 aromatic carbocycles. The average Bonchev–Trinajstić information content (AvgIpc) is 2.96. The summed E-state index contributed by atoms with van der Waals surface area (Å²) in [7, 11) is 0. The number of carbonyl (C=O) groups excluding carboxylic acids is 1. The molecule has 2 aliphatic rings. The Kier molecular flexibility index (Phi) is 2.47. The number of carbonyl (C=O) groups is 1. The molecule has 92 valence electrons. The van der Waals surface area contributed by atoms with Crippen LogP contribution in [0.2, 0.25) is 0 Å². The number of likely N-dealkylation sites (tertiary alicyclic amines) is 1. The lowest BCUT2D eigenvalue weighted by molar-refractivity contribution is 0.0750. The molecule has 3 atom stereocenters. The van der Waals surface area contributed by atoms with Gasteiger partial charge in [0.25, 0.3) is 5.91 Å². The van der Waals surface area contributed by atoms with Crippen molar-refractivity contribution in [1.29, 1.82) is 0 Å². The van der Waals surface area contributed by atoms with Crippen molar-refractivity contribution in [1.82, 2.24) is 4.90 Å². The monoisotopic (exact) mass is 235 g/mol. The number of fused-ring (bicyclic) bond motifs is 1. The third-order valence-corrected chi connectivity index (χ3v) is 4.20. The van der Waals surface area contributed by atoms with Crippen molar-refractivity contribution in [3.8, 4) is 0 Å². The fourth-order valence-electron chi connectivity index (χ4n) is 3.18. The molecule has 2 fully saturated rings. The number of rotatable bonds is 1. The standard InChI is InChI=1S/C13H17NO3/c1-8-10(4-5-17-8)13(16)14-6-9-2-3-12(15)11(9)7-14/h4-5,9,11-12,15H,2-3,6-7H2,1H3. The van der Waals surface area contributed by atoms with Crippen LogP contribution >= 0.6 is 0 Å². The first-order valence-corrected chi connectivity index (χ1v) is 6.18. The van der Waals surface area contributed by atoms with Gasteiger partial charge in [0.05, 0.1) is 17.9 Å². The van der Waals surface area contributed by atoms with Crippen LogP contribution in [0.5, 0.6) is 0 Å². The average molecular weight is 235 g/mol. The normalized spacial score (nSPS) is 31.9. The van der Waals surface area contributed by atoms with Gasteiger partial charge in [0.15, 0.2) is 0 Å². The van der Waals surface area contributed by atoms with Gasteiger partial charge < -0.3 is 14.4 Å². The van der Waals surface area contributed by atoms with E-state index >= 15 is 0 Å². The molecule has 2 heterocycles. The van der Waals surface area contributed by atoms with Crippen LogP contribution in [0, 0.1) is 18.8 Å². The second-order valence-electron chi connectivity index (χ2n) is 5.17. The Labute approximate surface area is 100 Å². The Bertz CT molecular complexity index is 440. The Morgan fingerprint density at radius 1 is 1.47 bits per heavy atom. The first kappa shape index (κ1) is 10.8. The highest BCUT2D eigenvalue weighted by molar-refractivity contribution is 5.95. The Hall–Kier alpha value is -1.29.